The fraction of sp³-hybridized carbons (Fsp3) is 1.00. The van der Waals surface area contributed by atoms with Crippen molar-refractivity contribution < 1.29 is 19.4 Å². The molecule has 5 heteroatoms. The molecular formula is C3H12FO3P. The molecule has 54 valence electrons. The summed E-state index contributed by atoms with van der Waals surface area (Å²) >= 11 is 0. The largest absolute Gasteiger partial charge is 0.269 e. The molecule has 0 fully saturated rings. The molecule has 0 aromatic rings. The number of rotatable bonds is 1. The first kappa shape index (κ1) is 11.1. The molecule has 0 aliphatic rings. The second-order valence-electron chi connectivity index (χ2n) is 1.93. The maximum atomic E-state index is 8.53. The van der Waals surface area contributed by atoms with E-state index >= 15 is 0 Å². The van der Waals surface area contributed by atoms with Crippen LogP contribution in [0.3, 0.4) is 0 Å². The summed E-state index contributed by atoms with van der Waals surface area (Å²) in [6, 6.07) is 0. The van der Waals surface area contributed by atoms with Gasteiger partial charge in [0.25, 0.3) is 0 Å². The fourth-order valence-electron chi connectivity index (χ4n) is 0. The molecule has 0 aliphatic heterocycles. The zero-order chi connectivity index (χ0) is 6.15. The van der Waals surface area contributed by atoms with Crippen LogP contribution in [0.15, 0.2) is 0 Å². The average Bonchev–Trinajstić information content (AvgIpc) is 1.32. The molecule has 0 aromatic carbocycles. The molecule has 0 spiro atoms. The molecule has 0 amide bonds. The number of hydrogen-bond acceptors (Lipinski definition) is 3. The predicted molar refractivity (Wildman–Crippen MR) is 32.5 cm³/mol. The van der Waals surface area contributed by atoms with Gasteiger partial charge in [-0.15, -0.1) is 0 Å². The van der Waals surface area contributed by atoms with Crippen LogP contribution in [-0.2, 0) is 0 Å². The minimum atomic E-state index is -4.08. The Labute approximate surface area is 47.5 Å². The van der Waals surface area contributed by atoms with Gasteiger partial charge in [-0.05, 0) is 0 Å². The Bertz CT molecular complexity index is 67.1. The van der Waals surface area contributed by atoms with Crippen LogP contribution in [0.5, 0.6) is 0 Å². The average molecular weight is 146 g/mol. The van der Waals surface area contributed by atoms with E-state index in [0.29, 0.717) is 0 Å². The molecule has 0 saturated carbocycles. The Morgan fingerprint density at radius 2 is 1.38 bits per heavy atom. The third kappa shape index (κ3) is 9.53. The van der Waals surface area contributed by atoms with Crippen molar-refractivity contribution in [3.8, 4) is 0 Å². The van der Waals surface area contributed by atoms with E-state index < -0.39 is 7.28 Å². The van der Waals surface area contributed by atoms with Gasteiger partial charge in [0.2, 0.25) is 0 Å². The van der Waals surface area contributed by atoms with Crippen LogP contribution in [0.25, 0.3) is 0 Å². The second kappa shape index (κ2) is 2.23. The zero-order valence-electron chi connectivity index (χ0n) is 4.90. The summed E-state index contributed by atoms with van der Waals surface area (Å²) < 4.78 is 0. The van der Waals surface area contributed by atoms with Crippen molar-refractivity contribution in [3.05, 3.63) is 0 Å². The van der Waals surface area contributed by atoms with Crippen LogP contribution < -0.4 is 0 Å². The van der Waals surface area contributed by atoms with Crippen LogP contribution in [-0.4, -0.2) is 27.5 Å². The van der Waals surface area contributed by atoms with Crippen molar-refractivity contribution in [3.63, 3.8) is 0 Å². The van der Waals surface area contributed by atoms with Crippen molar-refractivity contribution in [2.45, 2.75) is 6.92 Å². The van der Waals surface area contributed by atoms with E-state index in [1.165, 1.54) is 6.92 Å². The monoisotopic (exact) mass is 146 g/mol. The summed E-state index contributed by atoms with van der Waals surface area (Å²) in [5, 5.41) is 0. The summed E-state index contributed by atoms with van der Waals surface area (Å²) in [7, 11) is -4.08. The topological polar surface area (TPSA) is 60.7 Å². The van der Waals surface area contributed by atoms with E-state index in [1.54, 1.807) is 0 Å². The van der Waals surface area contributed by atoms with E-state index in [2.05, 4.69) is 0 Å². The summed E-state index contributed by atoms with van der Waals surface area (Å²) in [6.45, 7) is 2.59. The molecule has 0 aromatic heterocycles. The van der Waals surface area contributed by atoms with Gasteiger partial charge in [-0.3, -0.25) is 4.70 Å². The number of hydrogen-bond donors (Lipinski definition) is 3. The molecule has 0 atom stereocenters. The minimum Gasteiger partial charge on any atom is -0.269 e. The molecule has 0 saturated heterocycles. The van der Waals surface area contributed by atoms with Gasteiger partial charge in [0.1, 0.15) is 0 Å². The molecule has 3 nitrogen and oxygen atoms in total. The van der Waals surface area contributed by atoms with Crippen molar-refractivity contribution in [1.82, 2.24) is 0 Å². The summed E-state index contributed by atoms with van der Waals surface area (Å²) in [5.41, 5.74) is 0. The van der Waals surface area contributed by atoms with E-state index in [4.69, 9.17) is 14.7 Å². The standard InChI is InChI=1S/C3H11O3P.FH/c1-3-7(2,4,5)6;/h4-6H,3H2,1-2H3;1H. The van der Waals surface area contributed by atoms with E-state index in [-0.39, 0.29) is 10.9 Å². The van der Waals surface area contributed by atoms with E-state index in [9.17, 15) is 0 Å². The van der Waals surface area contributed by atoms with Gasteiger partial charge in [0, 0.05) is 0 Å². The van der Waals surface area contributed by atoms with Gasteiger partial charge in [-0.2, -0.15) is 0 Å². The maximum Gasteiger partial charge on any atom is -0.269 e. The second-order valence-corrected chi connectivity index (χ2v) is 5.78. The van der Waals surface area contributed by atoms with Gasteiger partial charge in [-0.25, -0.2) is 0 Å². The minimum absolute atomic E-state index is 0. The first-order valence-electron chi connectivity index (χ1n) is 2.07. The van der Waals surface area contributed by atoms with Gasteiger partial charge in [0.05, 0.1) is 0 Å². The van der Waals surface area contributed by atoms with Gasteiger partial charge >= 0.3 is 41.7 Å². The Balaban J connectivity index is 0. The van der Waals surface area contributed by atoms with Gasteiger partial charge in [-0.1, -0.05) is 0 Å². The molecule has 3 N–H and O–H groups in total. The summed E-state index contributed by atoms with van der Waals surface area (Å²) in [4.78, 5) is 25.6. The molecule has 8 heavy (non-hydrogen) atoms. The number of halogens is 1. The maximum absolute atomic E-state index is 8.53. The van der Waals surface area contributed by atoms with Gasteiger partial charge in [0.15, 0.2) is 0 Å². The van der Waals surface area contributed by atoms with Crippen molar-refractivity contribution in [1.29, 1.82) is 0 Å². The zero-order valence-corrected chi connectivity index (χ0v) is 5.80. The van der Waals surface area contributed by atoms with Crippen LogP contribution in [0.1, 0.15) is 6.92 Å². The van der Waals surface area contributed by atoms with E-state index in [1.807, 2.05) is 0 Å². The van der Waals surface area contributed by atoms with Crippen LogP contribution in [0, 0.1) is 0 Å². The third-order valence-corrected chi connectivity index (χ3v) is 2.22. The summed E-state index contributed by atoms with van der Waals surface area (Å²) in [6.07, 6.45) is 0.0333. The Morgan fingerprint density at radius 3 is 1.38 bits per heavy atom. The Kier molecular flexibility index (Phi) is 3.09. The predicted octanol–water partition coefficient (Wildman–Crippen LogP) is 0.0638. The van der Waals surface area contributed by atoms with Crippen molar-refractivity contribution in [2.75, 3.05) is 12.8 Å². The smallest absolute Gasteiger partial charge is 0.269 e. The molecule has 0 rings (SSSR count). The molecule has 0 unspecified atom stereocenters. The Morgan fingerprint density at radius 1 is 1.25 bits per heavy atom. The fourth-order valence-corrected chi connectivity index (χ4v) is 0. The van der Waals surface area contributed by atoms with Gasteiger partial charge < -0.3 is 0 Å². The first-order valence-corrected chi connectivity index (χ1v) is 4.80. The molecule has 0 radical (unpaired) electrons. The van der Waals surface area contributed by atoms with Crippen LogP contribution in [0.2, 0.25) is 0 Å². The van der Waals surface area contributed by atoms with Crippen molar-refractivity contribution >= 4 is 7.28 Å². The molecule has 0 heterocycles. The SMILES string of the molecule is CCP(C)(O)(O)O.F. The van der Waals surface area contributed by atoms with Crippen LogP contribution >= 0.6 is 7.28 Å². The normalized spacial score (nSPS) is 15.9. The third-order valence-electron chi connectivity index (χ3n) is 0.740. The first-order chi connectivity index (χ1) is 2.81. The molecular weight excluding hydrogens is 134 g/mol. The Hall–Kier alpha value is 0.240. The molecule has 0 aliphatic carbocycles. The molecule has 0 bridgehead atoms. The quantitative estimate of drug-likeness (QED) is 0.458. The summed E-state index contributed by atoms with van der Waals surface area (Å²) in [5.74, 6) is 0. The van der Waals surface area contributed by atoms with E-state index in [0.717, 1.165) is 6.66 Å². The van der Waals surface area contributed by atoms with Crippen molar-refractivity contribution in [2.24, 2.45) is 0 Å². The van der Waals surface area contributed by atoms with Crippen LogP contribution in [0.4, 0.5) is 4.70 Å².